The van der Waals surface area contributed by atoms with Crippen LogP contribution in [0.2, 0.25) is 0 Å². The zero-order valence-corrected chi connectivity index (χ0v) is 9.96. The number of methoxy groups -OCH3 is 1. The minimum Gasteiger partial charge on any atom is -0.453 e. The fourth-order valence-electron chi connectivity index (χ4n) is 2.92. The lowest BCUT2D eigenvalue weighted by molar-refractivity contribution is -0.0706. The van der Waals surface area contributed by atoms with Gasteiger partial charge < -0.3 is 9.47 Å². The van der Waals surface area contributed by atoms with Crippen LogP contribution in [0.4, 0.5) is 4.79 Å². The van der Waals surface area contributed by atoms with Gasteiger partial charge in [-0.15, -0.1) is 0 Å². The standard InChI is InChI=1S/C10H11N3O3S/c1-15-10(14)12-3-5-8-7(12)9(16-5)13-4-11-2-6(13)17-8/h2,4-5,7-9H,3H2,1H3. The first-order valence-corrected chi connectivity index (χ1v) is 6.36. The Kier molecular flexibility index (Phi) is 1.82. The summed E-state index contributed by atoms with van der Waals surface area (Å²) in [5.41, 5.74) is 0. The minimum absolute atomic E-state index is 0.0687. The van der Waals surface area contributed by atoms with Crippen LogP contribution in [0.1, 0.15) is 6.23 Å². The molecule has 2 saturated heterocycles. The first kappa shape index (κ1) is 9.78. The molecule has 4 atom stereocenters. The van der Waals surface area contributed by atoms with Crippen LogP contribution in [-0.4, -0.2) is 51.6 Å². The zero-order chi connectivity index (χ0) is 11.6. The SMILES string of the molecule is COC(=O)N1CC2OC3C1C2Sc1cncn13. The summed E-state index contributed by atoms with van der Waals surface area (Å²) in [6.07, 6.45) is 3.35. The van der Waals surface area contributed by atoms with Crippen LogP contribution in [-0.2, 0) is 9.47 Å². The lowest BCUT2D eigenvalue weighted by atomic mass is 10.2. The maximum absolute atomic E-state index is 11.7. The van der Waals surface area contributed by atoms with Gasteiger partial charge in [0.15, 0.2) is 6.23 Å². The molecule has 4 heterocycles. The first-order valence-electron chi connectivity index (χ1n) is 5.48. The van der Waals surface area contributed by atoms with Gasteiger partial charge >= 0.3 is 6.09 Å². The molecule has 3 aliphatic heterocycles. The van der Waals surface area contributed by atoms with Crippen LogP contribution < -0.4 is 0 Å². The van der Waals surface area contributed by atoms with E-state index in [1.807, 2.05) is 10.8 Å². The number of ether oxygens (including phenoxy) is 2. The van der Waals surface area contributed by atoms with Crippen molar-refractivity contribution in [1.29, 1.82) is 0 Å². The molecule has 2 fully saturated rings. The van der Waals surface area contributed by atoms with Gasteiger partial charge in [-0.2, -0.15) is 0 Å². The number of fused-ring (bicyclic) bond motifs is 2. The predicted octanol–water partition coefficient (Wildman–Crippen LogP) is 0.705. The van der Waals surface area contributed by atoms with Crippen molar-refractivity contribution in [1.82, 2.24) is 14.5 Å². The van der Waals surface area contributed by atoms with Crippen LogP contribution >= 0.6 is 11.8 Å². The molecular formula is C10H11N3O3S. The molecule has 1 amide bonds. The average molecular weight is 253 g/mol. The molecular weight excluding hydrogens is 242 g/mol. The van der Waals surface area contributed by atoms with E-state index >= 15 is 0 Å². The molecule has 0 aromatic carbocycles. The number of nitrogens with zero attached hydrogens (tertiary/aromatic N) is 3. The summed E-state index contributed by atoms with van der Waals surface area (Å²) >= 11 is 1.74. The fourth-order valence-corrected chi connectivity index (χ4v) is 4.31. The topological polar surface area (TPSA) is 56.6 Å². The molecule has 4 unspecified atom stereocenters. The third kappa shape index (κ3) is 1.11. The highest BCUT2D eigenvalue weighted by Gasteiger charge is 2.59. The monoisotopic (exact) mass is 253 g/mol. The van der Waals surface area contributed by atoms with Gasteiger partial charge in [-0.1, -0.05) is 11.8 Å². The number of likely N-dealkylation sites (tertiary alicyclic amines) is 1. The van der Waals surface area contributed by atoms with E-state index in [2.05, 4.69) is 4.98 Å². The fraction of sp³-hybridized carbons (Fsp3) is 0.600. The maximum Gasteiger partial charge on any atom is 0.410 e. The summed E-state index contributed by atoms with van der Waals surface area (Å²) in [5.74, 6) is 0. The van der Waals surface area contributed by atoms with Crippen LogP contribution in [0.15, 0.2) is 17.6 Å². The number of thioether (sulfide) groups is 1. The van der Waals surface area contributed by atoms with Gasteiger partial charge in [0.1, 0.15) is 0 Å². The van der Waals surface area contributed by atoms with Crippen molar-refractivity contribution in [3.8, 4) is 0 Å². The highest BCUT2D eigenvalue weighted by Crippen LogP contribution is 2.52. The van der Waals surface area contributed by atoms with Crippen molar-refractivity contribution in [3.05, 3.63) is 12.5 Å². The third-order valence-corrected chi connectivity index (χ3v) is 5.03. The summed E-state index contributed by atoms with van der Waals surface area (Å²) in [7, 11) is 1.42. The Bertz CT molecular complexity index is 491. The van der Waals surface area contributed by atoms with Crippen molar-refractivity contribution in [3.63, 3.8) is 0 Å². The highest BCUT2D eigenvalue weighted by atomic mass is 32.2. The van der Waals surface area contributed by atoms with E-state index in [-0.39, 0.29) is 24.5 Å². The predicted molar refractivity (Wildman–Crippen MR) is 58.7 cm³/mol. The molecule has 7 heteroatoms. The Balaban J connectivity index is 1.74. The van der Waals surface area contributed by atoms with Crippen LogP contribution in [0, 0.1) is 0 Å². The summed E-state index contributed by atoms with van der Waals surface area (Å²) in [4.78, 5) is 17.6. The molecule has 0 spiro atoms. The van der Waals surface area contributed by atoms with E-state index in [0.717, 1.165) is 5.03 Å². The Morgan fingerprint density at radius 3 is 3.41 bits per heavy atom. The van der Waals surface area contributed by atoms with E-state index in [1.54, 1.807) is 23.0 Å². The molecule has 4 bridgehead atoms. The van der Waals surface area contributed by atoms with Gasteiger partial charge in [-0.3, -0.25) is 9.47 Å². The normalized spacial score (nSPS) is 37.1. The summed E-state index contributed by atoms with van der Waals surface area (Å²) in [6.45, 7) is 0.629. The van der Waals surface area contributed by atoms with E-state index in [9.17, 15) is 4.79 Å². The molecule has 6 nitrogen and oxygen atoms in total. The van der Waals surface area contributed by atoms with Crippen molar-refractivity contribution in [2.45, 2.75) is 28.6 Å². The lowest BCUT2D eigenvalue weighted by Gasteiger charge is -2.35. The molecule has 17 heavy (non-hydrogen) atoms. The molecule has 90 valence electrons. The van der Waals surface area contributed by atoms with Gasteiger partial charge in [0.2, 0.25) is 0 Å². The number of carbonyl (C=O) groups is 1. The number of hydrogen-bond donors (Lipinski definition) is 0. The Hall–Kier alpha value is -1.21. The first-order chi connectivity index (χ1) is 8.29. The highest BCUT2D eigenvalue weighted by molar-refractivity contribution is 8.00. The number of imidazole rings is 1. The second-order valence-electron chi connectivity index (χ2n) is 4.40. The summed E-state index contributed by atoms with van der Waals surface area (Å²) in [6, 6.07) is 0.0687. The van der Waals surface area contributed by atoms with Gasteiger partial charge in [0.05, 0.1) is 48.6 Å². The van der Waals surface area contributed by atoms with Crippen molar-refractivity contribution < 1.29 is 14.3 Å². The molecule has 1 aromatic rings. The van der Waals surface area contributed by atoms with E-state index < -0.39 is 0 Å². The van der Waals surface area contributed by atoms with Gasteiger partial charge in [0, 0.05) is 0 Å². The molecule has 1 aromatic heterocycles. The third-order valence-electron chi connectivity index (χ3n) is 3.62. The van der Waals surface area contributed by atoms with Crippen molar-refractivity contribution in [2.75, 3.05) is 13.7 Å². The van der Waals surface area contributed by atoms with Gasteiger partial charge in [-0.05, 0) is 0 Å². The van der Waals surface area contributed by atoms with Crippen LogP contribution in [0.25, 0.3) is 0 Å². The summed E-state index contributed by atoms with van der Waals surface area (Å²) in [5, 5.41) is 1.42. The lowest BCUT2D eigenvalue weighted by Crippen LogP contribution is -2.46. The Morgan fingerprint density at radius 2 is 2.59 bits per heavy atom. The number of morpholine rings is 1. The van der Waals surface area contributed by atoms with Gasteiger partial charge in [0.25, 0.3) is 0 Å². The smallest absolute Gasteiger partial charge is 0.410 e. The molecule has 3 aliphatic rings. The second kappa shape index (κ2) is 3.17. The molecule has 4 rings (SSSR count). The average Bonchev–Trinajstić information content (AvgIpc) is 3.02. The van der Waals surface area contributed by atoms with Crippen LogP contribution in [0.5, 0.6) is 0 Å². The van der Waals surface area contributed by atoms with E-state index in [0.29, 0.717) is 11.8 Å². The van der Waals surface area contributed by atoms with Crippen LogP contribution in [0.3, 0.4) is 0 Å². The Morgan fingerprint density at radius 1 is 1.71 bits per heavy atom. The summed E-state index contributed by atoms with van der Waals surface area (Å²) < 4.78 is 12.8. The molecule has 0 aliphatic carbocycles. The van der Waals surface area contributed by atoms with E-state index in [4.69, 9.17) is 9.47 Å². The molecule has 0 radical (unpaired) electrons. The van der Waals surface area contributed by atoms with Crippen molar-refractivity contribution >= 4 is 17.9 Å². The quantitative estimate of drug-likeness (QED) is 0.681. The molecule has 0 N–H and O–H groups in total. The van der Waals surface area contributed by atoms with Crippen molar-refractivity contribution in [2.24, 2.45) is 0 Å². The number of amides is 1. The number of rotatable bonds is 0. The number of aromatic nitrogens is 2. The van der Waals surface area contributed by atoms with E-state index in [1.165, 1.54) is 7.11 Å². The minimum atomic E-state index is -0.264. The molecule has 0 saturated carbocycles. The largest absolute Gasteiger partial charge is 0.453 e. The van der Waals surface area contributed by atoms with Gasteiger partial charge in [-0.25, -0.2) is 9.78 Å². The maximum atomic E-state index is 11.7. The number of carbonyl (C=O) groups excluding carboxylic acids is 1. The second-order valence-corrected chi connectivity index (χ2v) is 5.60. The Labute approximate surface area is 102 Å². The zero-order valence-electron chi connectivity index (χ0n) is 9.15. The number of hydrogen-bond acceptors (Lipinski definition) is 5.